The number of carbonyl (C=O) groups is 3. The first kappa shape index (κ1) is 16.1. The molecule has 0 bridgehead atoms. The van der Waals surface area contributed by atoms with Gasteiger partial charge in [-0.2, -0.15) is 5.26 Å². The van der Waals surface area contributed by atoms with Crippen molar-refractivity contribution < 1.29 is 19.1 Å². The highest BCUT2D eigenvalue weighted by Crippen LogP contribution is 2.44. The molecule has 2 amide bonds. The molecule has 24 heavy (non-hydrogen) atoms. The van der Waals surface area contributed by atoms with E-state index in [1.807, 2.05) is 0 Å². The number of benzene rings is 1. The van der Waals surface area contributed by atoms with E-state index in [1.54, 1.807) is 31.2 Å². The Bertz CT molecular complexity index is 754. The third-order valence-electron chi connectivity index (χ3n) is 4.71. The summed E-state index contributed by atoms with van der Waals surface area (Å²) in [5, 5.41) is 12.1. The Morgan fingerprint density at radius 1 is 1.33 bits per heavy atom. The second-order valence-corrected chi connectivity index (χ2v) is 5.85. The summed E-state index contributed by atoms with van der Waals surface area (Å²) in [6, 6.07) is 7.49. The van der Waals surface area contributed by atoms with Gasteiger partial charge in [-0.25, -0.2) is 0 Å². The Morgan fingerprint density at radius 2 is 2.04 bits per heavy atom. The molecule has 2 saturated heterocycles. The number of hydrogen-bond donors (Lipinski definition) is 1. The van der Waals surface area contributed by atoms with Crippen LogP contribution < -0.4 is 5.32 Å². The van der Waals surface area contributed by atoms with Gasteiger partial charge in [0.2, 0.25) is 11.8 Å². The lowest BCUT2D eigenvalue weighted by molar-refractivity contribution is -0.148. The SMILES string of the molecule is CCN1C(=O)[C@@H]2[C@H](C1=O)[C@H](c1cccc(C#N)c1)N[C@H]2C(=O)OC. The standard InChI is InChI=1S/C17H17N3O4/c1-3-20-15(21)11-12(16(20)22)14(17(23)24-2)19-13(11)10-6-4-5-9(7-10)8-18/h4-7,11-14,19H,3H2,1-2H3/t11-,12+,13-,14+/m0/s1. The third kappa shape index (κ3) is 2.27. The van der Waals surface area contributed by atoms with Crippen LogP contribution in [0.5, 0.6) is 0 Å². The number of ether oxygens (including phenoxy) is 1. The molecule has 2 heterocycles. The molecule has 2 fully saturated rings. The quantitative estimate of drug-likeness (QED) is 0.636. The van der Waals surface area contributed by atoms with E-state index in [2.05, 4.69) is 11.4 Å². The van der Waals surface area contributed by atoms with Gasteiger partial charge in [0, 0.05) is 12.6 Å². The van der Waals surface area contributed by atoms with Crippen molar-refractivity contribution in [1.29, 1.82) is 5.26 Å². The maximum atomic E-state index is 12.7. The van der Waals surface area contributed by atoms with Gasteiger partial charge in [-0.1, -0.05) is 12.1 Å². The number of amides is 2. The van der Waals surface area contributed by atoms with Crippen LogP contribution in [0.15, 0.2) is 24.3 Å². The Labute approximate surface area is 139 Å². The first-order chi connectivity index (χ1) is 11.5. The summed E-state index contributed by atoms with van der Waals surface area (Å²) in [7, 11) is 1.25. The minimum atomic E-state index is -0.872. The fourth-order valence-corrected chi connectivity index (χ4v) is 3.63. The number of likely N-dealkylation sites (tertiary alicyclic amines) is 1. The molecule has 7 heteroatoms. The fraction of sp³-hybridized carbons (Fsp3) is 0.412. The fourth-order valence-electron chi connectivity index (χ4n) is 3.63. The number of imide groups is 1. The Kier molecular flexibility index (Phi) is 4.08. The minimum Gasteiger partial charge on any atom is -0.468 e. The number of hydrogen-bond acceptors (Lipinski definition) is 6. The van der Waals surface area contributed by atoms with Crippen molar-refractivity contribution in [3.05, 3.63) is 35.4 Å². The number of nitrogens with one attached hydrogen (secondary N) is 1. The van der Waals surface area contributed by atoms with Gasteiger partial charge in [-0.3, -0.25) is 24.6 Å². The van der Waals surface area contributed by atoms with Crippen molar-refractivity contribution in [3.8, 4) is 6.07 Å². The summed E-state index contributed by atoms with van der Waals surface area (Å²) in [6.45, 7) is 1.99. The number of methoxy groups -OCH3 is 1. The van der Waals surface area contributed by atoms with E-state index >= 15 is 0 Å². The summed E-state index contributed by atoms with van der Waals surface area (Å²) in [5.74, 6) is -2.66. The van der Waals surface area contributed by atoms with Gasteiger partial charge >= 0.3 is 5.97 Å². The Balaban J connectivity index is 2.05. The average Bonchev–Trinajstić information content (AvgIpc) is 3.11. The molecule has 2 aliphatic rings. The zero-order valence-corrected chi connectivity index (χ0v) is 13.4. The molecule has 1 aromatic rings. The first-order valence-electron chi connectivity index (χ1n) is 7.72. The van der Waals surface area contributed by atoms with Crippen LogP contribution in [0.25, 0.3) is 0 Å². The molecular weight excluding hydrogens is 310 g/mol. The van der Waals surface area contributed by atoms with E-state index < -0.39 is 29.9 Å². The highest BCUT2D eigenvalue weighted by atomic mass is 16.5. The van der Waals surface area contributed by atoms with Gasteiger partial charge in [0.25, 0.3) is 0 Å². The van der Waals surface area contributed by atoms with Crippen LogP contribution in [0.2, 0.25) is 0 Å². The van der Waals surface area contributed by atoms with E-state index in [-0.39, 0.29) is 18.4 Å². The van der Waals surface area contributed by atoms with E-state index in [0.29, 0.717) is 11.1 Å². The highest BCUT2D eigenvalue weighted by Gasteiger charge is 2.60. The highest BCUT2D eigenvalue weighted by molar-refractivity contribution is 6.08. The first-order valence-corrected chi connectivity index (χ1v) is 7.72. The summed E-state index contributed by atoms with van der Waals surface area (Å²) in [5.41, 5.74) is 1.16. The second-order valence-electron chi connectivity index (χ2n) is 5.85. The van der Waals surface area contributed by atoms with Gasteiger partial charge in [0.1, 0.15) is 6.04 Å². The maximum absolute atomic E-state index is 12.7. The van der Waals surface area contributed by atoms with E-state index in [1.165, 1.54) is 12.0 Å². The second kappa shape index (κ2) is 6.06. The van der Waals surface area contributed by atoms with Crippen LogP contribution in [0, 0.1) is 23.2 Å². The molecule has 0 spiro atoms. The largest absolute Gasteiger partial charge is 0.468 e. The van der Waals surface area contributed by atoms with Crippen molar-refractivity contribution in [3.63, 3.8) is 0 Å². The summed E-state index contributed by atoms with van der Waals surface area (Å²) >= 11 is 0. The molecule has 0 radical (unpaired) electrons. The third-order valence-corrected chi connectivity index (χ3v) is 4.71. The summed E-state index contributed by atoms with van der Waals surface area (Å²) in [4.78, 5) is 38.5. The van der Waals surface area contributed by atoms with Gasteiger partial charge < -0.3 is 4.74 Å². The van der Waals surface area contributed by atoms with Crippen LogP contribution in [0.3, 0.4) is 0 Å². The molecule has 1 aromatic carbocycles. The van der Waals surface area contributed by atoms with Crippen molar-refractivity contribution in [1.82, 2.24) is 10.2 Å². The molecule has 0 aromatic heterocycles. The van der Waals surface area contributed by atoms with Crippen LogP contribution in [0.4, 0.5) is 0 Å². The van der Waals surface area contributed by atoms with Crippen molar-refractivity contribution >= 4 is 17.8 Å². The number of fused-ring (bicyclic) bond motifs is 1. The summed E-state index contributed by atoms with van der Waals surface area (Å²) < 4.78 is 4.79. The number of esters is 1. The number of carbonyl (C=O) groups excluding carboxylic acids is 3. The molecule has 0 saturated carbocycles. The molecule has 0 unspecified atom stereocenters. The van der Waals surface area contributed by atoms with Crippen LogP contribution in [-0.2, 0) is 19.1 Å². The maximum Gasteiger partial charge on any atom is 0.323 e. The normalized spacial score (nSPS) is 28.6. The van der Waals surface area contributed by atoms with Gasteiger partial charge in [0.15, 0.2) is 0 Å². The van der Waals surface area contributed by atoms with E-state index in [4.69, 9.17) is 10.00 Å². The van der Waals surface area contributed by atoms with Gasteiger partial charge in [0.05, 0.1) is 30.6 Å². The molecule has 3 rings (SSSR count). The molecule has 7 nitrogen and oxygen atoms in total. The van der Waals surface area contributed by atoms with Crippen molar-refractivity contribution in [2.45, 2.75) is 19.0 Å². The monoisotopic (exact) mass is 327 g/mol. The molecule has 124 valence electrons. The summed E-state index contributed by atoms with van der Waals surface area (Å²) in [6.07, 6.45) is 0. The van der Waals surface area contributed by atoms with Crippen LogP contribution >= 0.6 is 0 Å². The van der Waals surface area contributed by atoms with Crippen LogP contribution in [-0.4, -0.2) is 42.4 Å². The smallest absolute Gasteiger partial charge is 0.323 e. The molecular formula is C17H17N3O4. The van der Waals surface area contributed by atoms with Gasteiger partial charge in [-0.05, 0) is 24.6 Å². The number of nitrogens with zero attached hydrogens (tertiary/aromatic N) is 2. The molecule has 2 aliphatic heterocycles. The predicted octanol–water partition coefficient (Wildman–Crippen LogP) is 0.365. The van der Waals surface area contributed by atoms with Crippen LogP contribution in [0.1, 0.15) is 24.1 Å². The predicted molar refractivity (Wildman–Crippen MR) is 82.2 cm³/mol. The number of nitriles is 1. The minimum absolute atomic E-state index is 0.267. The average molecular weight is 327 g/mol. The van der Waals surface area contributed by atoms with Crippen molar-refractivity contribution in [2.75, 3.05) is 13.7 Å². The lowest BCUT2D eigenvalue weighted by Crippen LogP contribution is -2.43. The van der Waals surface area contributed by atoms with E-state index in [9.17, 15) is 14.4 Å². The molecule has 0 aliphatic carbocycles. The molecule has 4 atom stereocenters. The van der Waals surface area contributed by atoms with Gasteiger partial charge in [-0.15, -0.1) is 0 Å². The number of rotatable bonds is 3. The Morgan fingerprint density at radius 3 is 2.67 bits per heavy atom. The lowest BCUT2D eigenvalue weighted by atomic mass is 9.86. The topological polar surface area (TPSA) is 99.5 Å². The lowest BCUT2D eigenvalue weighted by Gasteiger charge is -2.21. The zero-order chi connectivity index (χ0) is 17.4. The molecule has 1 N–H and O–H groups in total. The Hall–Kier alpha value is -2.72. The van der Waals surface area contributed by atoms with Crippen molar-refractivity contribution in [2.24, 2.45) is 11.8 Å². The zero-order valence-electron chi connectivity index (χ0n) is 13.4. The van der Waals surface area contributed by atoms with E-state index in [0.717, 1.165) is 0 Å².